The first-order chi connectivity index (χ1) is 7.95. The van der Waals surface area contributed by atoms with Crippen molar-refractivity contribution < 1.29 is 13.5 Å². The van der Waals surface area contributed by atoms with Crippen molar-refractivity contribution in [1.82, 2.24) is 4.31 Å². The van der Waals surface area contributed by atoms with E-state index < -0.39 is 10.2 Å². The minimum Gasteiger partial charge on any atom is -0.396 e. The van der Waals surface area contributed by atoms with Crippen LogP contribution in [0.1, 0.15) is 6.42 Å². The summed E-state index contributed by atoms with van der Waals surface area (Å²) in [5.41, 5.74) is 0.411. The van der Waals surface area contributed by atoms with E-state index >= 15 is 0 Å². The monoisotopic (exact) mass is 278 g/mol. The standard InChI is InChI=1S/C10H15ClN2O3S/c1-13(6-3-7-14)17(15,16)12-10-5-2-4-9(11)8-10/h2,4-5,8,12,14H,3,6-7H2,1H3. The highest BCUT2D eigenvalue weighted by Gasteiger charge is 2.16. The van der Waals surface area contributed by atoms with E-state index in [0.29, 0.717) is 17.1 Å². The number of aliphatic hydroxyl groups excluding tert-OH is 1. The number of anilines is 1. The van der Waals surface area contributed by atoms with Crippen LogP contribution in [0.2, 0.25) is 5.02 Å². The molecule has 0 atom stereocenters. The van der Waals surface area contributed by atoms with E-state index in [-0.39, 0.29) is 13.2 Å². The van der Waals surface area contributed by atoms with Crippen LogP contribution in [0.25, 0.3) is 0 Å². The average Bonchev–Trinajstić information content (AvgIpc) is 2.25. The Kier molecular flexibility index (Phi) is 5.20. The fourth-order valence-corrected chi connectivity index (χ4v) is 2.33. The van der Waals surface area contributed by atoms with Crippen molar-refractivity contribution in [3.05, 3.63) is 29.3 Å². The zero-order valence-electron chi connectivity index (χ0n) is 9.43. The second kappa shape index (κ2) is 6.20. The smallest absolute Gasteiger partial charge is 0.301 e. The first kappa shape index (κ1) is 14.2. The molecule has 0 heterocycles. The third-order valence-corrected chi connectivity index (χ3v) is 3.84. The molecule has 0 aliphatic heterocycles. The van der Waals surface area contributed by atoms with Gasteiger partial charge in [0.05, 0.1) is 5.69 Å². The Hall–Kier alpha value is -0.820. The Morgan fingerprint density at radius 3 is 2.76 bits per heavy atom. The van der Waals surface area contributed by atoms with E-state index in [9.17, 15) is 8.42 Å². The lowest BCUT2D eigenvalue weighted by atomic mass is 10.3. The lowest BCUT2D eigenvalue weighted by molar-refractivity contribution is 0.276. The highest BCUT2D eigenvalue weighted by molar-refractivity contribution is 7.90. The predicted octanol–water partition coefficient (Wildman–Crippen LogP) is 1.31. The normalized spacial score (nSPS) is 11.8. The number of nitrogens with one attached hydrogen (secondary N) is 1. The molecule has 0 bridgehead atoms. The number of aliphatic hydroxyl groups is 1. The summed E-state index contributed by atoms with van der Waals surface area (Å²) in [6.07, 6.45) is 0.396. The second-order valence-corrected chi connectivity index (χ2v) is 5.73. The van der Waals surface area contributed by atoms with Crippen LogP contribution in [0.15, 0.2) is 24.3 Å². The van der Waals surface area contributed by atoms with Gasteiger partial charge in [-0.3, -0.25) is 4.72 Å². The first-order valence-corrected chi connectivity index (χ1v) is 6.88. The van der Waals surface area contributed by atoms with E-state index in [1.54, 1.807) is 18.2 Å². The average molecular weight is 279 g/mol. The van der Waals surface area contributed by atoms with Crippen molar-refractivity contribution >= 4 is 27.5 Å². The lowest BCUT2D eigenvalue weighted by Crippen LogP contribution is -2.33. The number of benzene rings is 1. The van der Waals surface area contributed by atoms with Crippen molar-refractivity contribution in [3.8, 4) is 0 Å². The number of hydrogen-bond donors (Lipinski definition) is 2. The van der Waals surface area contributed by atoms with E-state index in [0.717, 1.165) is 4.31 Å². The molecule has 0 amide bonds. The molecule has 0 saturated heterocycles. The highest BCUT2D eigenvalue weighted by atomic mass is 35.5. The zero-order valence-corrected chi connectivity index (χ0v) is 11.0. The lowest BCUT2D eigenvalue weighted by Gasteiger charge is -2.17. The van der Waals surface area contributed by atoms with E-state index in [4.69, 9.17) is 16.7 Å². The Bertz CT molecular complexity index is 464. The van der Waals surface area contributed by atoms with Crippen molar-refractivity contribution in [3.63, 3.8) is 0 Å². The van der Waals surface area contributed by atoms with Gasteiger partial charge < -0.3 is 5.11 Å². The summed E-state index contributed by atoms with van der Waals surface area (Å²) in [5, 5.41) is 9.11. The molecule has 0 saturated carbocycles. The summed E-state index contributed by atoms with van der Waals surface area (Å²) in [6, 6.07) is 6.46. The molecule has 2 N–H and O–H groups in total. The van der Waals surface area contributed by atoms with Crippen LogP contribution >= 0.6 is 11.6 Å². The van der Waals surface area contributed by atoms with Crippen LogP contribution in [0, 0.1) is 0 Å². The molecule has 0 fully saturated rings. The maximum Gasteiger partial charge on any atom is 0.301 e. The Morgan fingerprint density at radius 2 is 2.18 bits per heavy atom. The minimum atomic E-state index is -3.59. The van der Waals surface area contributed by atoms with Gasteiger partial charge in [0.2, 0.25) is 0 Å². The van der Waals surface area contributed by atoms with E-state index in [2.05, 4.69) is 4.72 Å². The summed E-state index contributed by atoms with van der Waals surface area (Å²) in [7, 11) is -2.14. The molecule has 0 aliphatic carbocycles. The van der Waals surface area contributed by atoms with Gasteiger partial charge in [-0.15, -0.1) is 0 Å². The SMILES string of the molecule is CN(CCCO)S(=O)(=O)Nc1cccc(Cl)c1. The second-order valence-electron chi connectivity index (χ2n) is 3.52. The maximum absolute atomic E-state index is 11.8. The number of hydrogen-bond acceptors (Lipinski definition) is 3. The fraction of sp³-hybridized carbons (Fsp3) is 0.400. The van der Waals surface area contributed by atoms with Crippen LogP contribution < -0.4 is 4.72 Å². The number of nitrogens with zero attached hydrogens (tertiary/aromatic N) is 1. The van der Waals surface area contributed by atoms with Crippen LogP contribution in [0.3, 0.4) is 0 Å². The molecule has 0 aliphatic rings. The summed E-state index contributed by atoms with van der Waals surface area (Å²) in [5.74, 6) is 0. The summed E-state index contributed by atoms with van der Waals surface area (Å²) in [4.78, 5) is 0. The fourth-order valence-electron chi connectivity index (χ4n) is 1.19. The Balaban J connectivity index is 2.72. The zero-order chi connectivity index (χ0) is 12.9. The predicted molar refractivity (Wildman–Crippen MR) is 68.3 cm³/mol. The molecule has 7 heteroatoms. The highest BCUT2D eigenvalue weighted by Crippen LogP contribution is 2.16. The molecule has 0 spiro atoms. The molecule has 0 radical (unpaired) electrons. The van der Waals surface area contributed by atoms with Crippen molar-refractivity contribution in [2.45, 2.75) is 6.42 Å². The Labute approximate surface area is 106 Å². The van der Waals surface area contributed by atoms with Gasteiger partial charge in [0, 0.05) is 25.2 Å². The van der Waals surface area contributed by atoms with Gasteiger partial charge in [-0.25, -0.2) is 0 Å². The number of halogens is 1. The molecule has 5 nitrogen and oxygen atoms in total. The topological polar surface area (TPSA) is 69.6 Å². The van der Waals surface area contributed by atoms with Gasteiger partial charge in [0.1, 0.15) is 0 Å². The largest absolute Gasteiger partial charge is 0.396 e. The van der Waals surface area contributed by atoms with Crippen LogP contribution in [0.4, 0.5) is 5.69 Å². The van der Waals surface area contributed by atoms with Crippen molar-refractivity contribution in [2.24, 2.45) is 0 Å². The molecule has 1 aromatic rings. The number of rotatable bonds is 6. The summed E-state index contributed by atoms with van der Waals surface area (Å²) in [6.45, 7) is 0.212. The van der Waals surface area contributed by atoms with Gasteiger partial charge in [0.15, 0.2) is 0 Å². The van der Waals surface area contributed by atoms with Crippen molar-refractivity contribution in [1.29, 1.82) is 0 Å². The van der Waals surface area contributed by atoms with Crippen LogP contribution in [0.5, 0.6) is 0 Å². The van der Waals surface area contributed by atoms with Gasteiger partial charge in [-0.05, 0) is 24.6 Å². The third-order valence-electron chi connectivity index (χ3n) is 2.11. The molecular formula is C10H15ClN2O3S. The molecule has 17 heavy (non-hydrogen) atoms. The summed E-state index contributed by atoms with van der Waals surface area (Å²) < 4.78 is 27.2. The molecule has 1 aromatic carbocycles. The van der Waals surface area contributed by atoms with Crippen LogP contribution in [-0.2, 0) is 10.2 Å². The van der Waals surface area contributed by atoms with Gasteiger partial charge >= 0.3 is 10.2 Å². The van der Waals surface area contributed by atoms with Gasteiger partial charge in [-0.1, -0.05) is 17.7 Å². The first-order valence-electron chi connectivity index (χ1n) is 5.06. The van der Waals surface area contributed by atoms with E-state index in [1.807, 2.05) is 0 Å². The maximum atomic E-state index is 11.8. The van der Waals surface area contributed by atoms with Gasteiger partial charge in [0.25, 0.3) is 0 Å². The van der Waals surface area contributed by atoms with Crippen molar-refractivity contribution in [2.75, 3.05) is 24.9 Å². The summed E-state index contributed by atoms with van der Waals surface area (Å²) >= 11 is 5.76. The third kappa shape index (κ3) is 4.51. The minimum absolute atomic E-state index is 0.0446. The van der Waals surface area contributed by atoms with Gasteiger partial charge in [-0.2, -0.15) is 12.7 Å². The molecule has 96 valence electrons. The molecule has 1 rings (SSSR count). The molecule has 0 unspecified atom stereocenters. The molecular weight excluding hydrogens is 264 g/mol. The van der Waals surface area contributed by atoms with Crippen LogP contribution in [-0.4, -0.2) is 38.0 Å². The molecule has 0 aromatic heterocycles. The quantitative estimate of drug-likeness (QED) is 0.824. The van der Waals surface area contributed by atoms with E-state index in [1.165, 1.54) is 13.1 Å². The Morgan fingerprint density at radius 1 is 1.47 bits per heavy atom.